The number of esters is 1. The maximum absolute atomic E-state index is 10.9. The highest BCUT2D eigenvalue weighted by molar-refractivity contribution is 5.81. The molecule has 1 atom stereocenters. The Labute approximate surface area is 91.6 Å². The van der Waals surface area contributed by atoms with Crippen LogP contribution < -0.4 is 5.32 Å². The number of hydrogen-bond acceptors (Lipinski definition) is 4. The van der Waals surface area contributed by atoms with E-state index in [-0.39, 0.29) is 12.0 Å². The van der Waals surface area contributed by atoms with Crippen molar-refractivity contribution < 1.29 is 14.3 Å². The Morgan fingerprint density at radius 2 is 2.13 bits per heavy atom. The zero-order chi connectivity index (χ0) is 11.5. The molecule has 4 nitrogen and oxygen atoms in total. The molecule has 0 radical (unpaired) electrons. The summed E-state index contributed by atoms with van der Waals surface area (Å²) >= 11 is 0. The highest BCUT2D eigenvalue weighted by Crippen LogP contribution is 1.85. The van der Waals surface area contributed by atoms with Gasteiger partial charge in [0.05, 0.1) is 13.2 Å². The van der Waals surface area contributed by atoms with E-state index >= 15 is 0 Å². The van der Waals surface area contributed by atoms with Gasteiger partial charge in [-0.05, 0) is 20.8 Å². The second-order valence-corrected chi connectivity index (χ2v) is 3.12. The summed E-state index contributed by atoms with van der Waals surface area (Å²) in [6, 6.07) is 0.289. The molecule has 0 aromatic carbocycles. The van der Waals surface area contributed by atoms with Crippen molar-refractivity contribution in [2.45, 2.75) is 26.8 Å². The first kappa shape index (κ1) is 14.1. The third-order valence-electron chi connectivity index (χ3n) is 1.70. The molecule has 0 fully saturated rings. The smallest absolute Gasteiger partial charge is 0.330 e. The minimum absolute atomic E-state index is 0.289. The van der Waals surface area contributed by atoms with E-state index in [4.69, 9.17) is 9.47 Å². The van der Waals surface area contributed by atoms with E-state index in [1.807, 2.05) is 13.8 Å². The zero-order valence-corrected chi connectivity index (χ0v) is 9.79. The van der Waals surface area contributed by atoms with Gasteiger partial charge in [0.15, 0.2) is 0 Å². The normalized spacial score (nSPS) is 13.0. The first-order valence-corrected chi connectivity index (χ1v) is 5.35. The minimum atomic E-state index is -0.295. The van der Waals surface area contributed by atoms with Gasteiger partial charge in [0.1, 0.15) is 0 Å². The van der Waals surface area contributed by atoms with Crippen LogP contribution in [0, 0.1) is 0 Å². The average Bonchev–Trinajstić information content (AvgIpc) is 2.22. The van der Waals surface area contributed by atoms with Crippen LogP contribution >= 0.6 is 0 Å². The minimum Gasteiger partial charge on any atom is -0.463 e. The Bertz CT molecular complexity index is 192. The summed E-state index contributed by atoms with van der Waals surface area (Å²) in [7, 11) is 0. The number of nitrogens with one attached hydrogen (secondary N) is 1. The molecule has 0 saturated heterocycles. The van der Waals surface area contributed by atoms with Crippen LogP contribution in [0.5, 0.6) is 0 Å². The molecule has 0 aromatic heterocycles. The van der Waals surface area contributed by atoms with Gasteiger partial charge in [-0.2, -0.15) is 0 Å². The highest BCUT2D eigenvalue weighted by atomic mass is 16.5. The summed E-state index contributed by atoms with van der Waals surface area (Å²) in [6.07, 6.45) is 3.18. The van der Waals surface area contributed by atoms with E-state index in [2.05, 4.69) is 5.32 Å². The maximum Gasteiger partial charge on any atom is 0.330 e. The van der Waals surface area contributed by atoms with Crippen LogP contribution in [0.2, 0.25) is 0 Å². The Balaban J connectivity index is 3.47. The van der Waals surface area contributed by atoms with Crippen LogP contribution in [-0.4, -0.2) is 38.4 Å². The van der Waals surface area contributed by atoms with Crippen LogP contribution in [0.15, 0.2) is 12.2 Å². The Kier molecular flexibility index (Phi) is 9.11. The topological polar surface area (TPSA) is 47.6 Å². The summed E-state index contributed by atoms with van der Waals surface area (Å²) in [4.78, 5) is 10.9. The maximum atomic E-state index is 10.9. The lowest BCUT2D eigenvalue weighted by molar-refractivity contribution is -0.137. The Hall–Kier alpha value is -0.870. The summed E-state index contributed by atoms with van der Waals surface area (Å²) in [5.41, 5.74) is 0. The lowest BCUT2D eigenvalue weighted by Crippen LogP contribution is -2.30. The number of carbonyl (C=O) groups excluding carboxylic acids is 1. The molecule has 0 bridgehead atoms. The van der Waals surface area contributed by atoms with Gasteiger partial charge >= 0.3 is 5.97 Å². The first-order chi connectivity index (χ1) is 7.20. The van der Waals surface area contributed by atoms with Gasteiger partial charge < -0.3 is 14.8 Å². The second kappa shape index (κ2) is 9.68. The Morgan fingerprint density at radius 3 is 2.73 bits per heavy atom. The predicted molar refractivity (Wildman–Crippen MR) is 59.7 cm³/mol. The van der Waals surface area contributed by atoms with Crippen molar-refractivity contribution in [1.82, 2.24) is 5.32 Å². The lowest BCUT2D eigenvalue weighted by atomic mass is 10.3. The van der Waals surface area contributed by atoms with Crippen LogP contribution in [0.25, 0.3) is 0 Å². The average molecular weight is 215 g/mol. The molecular weight excluding hydrogens is 194 g/mol. The summed E-state index contributed by atoms with van der Waals surface area (Å²) in [5, 5.41) is 3.20. The van der Waals surface area contributed by atoms with Crippen molar-refractivity contribution in [1.29, 1.82) is 0 Å². The molecule has 0 aliphatic rings. The fourth-order valence-corrected chi connectivity index (χ4v) is 0.968. The van der Waals surface area contributed by atoms with Gasteiger partial charge in [-0.25, -0.2) is 4.79 Å². The monoisotopic (exact) mass is 215 g/mol. The van der Waals surface area contributed by atoms with Crippen molar-refractivity contribution in [2.75, 3.05) is 26.4 Å². The largest absolute Gasteiger partial charge is 0.463 e. The van der Waals surface area contributed by atoms with Gasteiger partial charge in [0.25, 0.3) is 0 Å². The van der Waals surface area contributed by atoms with Crippen molar-refractivity contribution in [3.63, 3.8) is 0 Å². The molecule has 0 heterocycles. The molecule has 1 N–H and O–H groups in total. The number of ether oxygens (including phenoxy) is 2. The third kappa shape index (κ3) is 9.43. The predicted octanol–water partition coefficient (Wildman–Crippen LogP) is 1.12. The van der Waals surface area contributed by atoms with Crippen molar-refractivity contribution in [3.8, 4) is 0 Å². The van der Waals surface area contributed by atoms with Crippen molar-refractivity contribution >= 4 is 5.97 Å². The number of carbonyl (C=O) groups is 1. The van der Waals surface area contributed by atoms with E-state index in [1.54, 1.807) is 13.0 Å². The standard InChI is InChI=1S/C11H21NO3/c1-4-14-9-10(3)12-8-6-7-11(13)15-5-2/h6-7,10,12H,4-5,8-9H2,1-3H3/b7-6+. The molecule has 0 rings (SSSR count). The molecule has 0 saturated carbocycles. The molecule has 15 heavy (non-hydrogen) atoms. The molecule has 88 valence electrons. The van der Waals surface area contributed by atoms with Gasteiger partial charge in [-0.3, -0.25) is 0 Å². The molecule has 0 spiro atoms. The molecule has 0 aromatic rings. The molecule has 0 amide bonds. The number of rotatable bonds is 8. The molecule has 0 aliphatic heterocycles. The number of hydrogen-bond donors (Lipinski definition) is 1. The highest BCUT2D eigenvalue weighted by Gasteiger charge is 1.98. The summed E-state index contributed by atoms with van der Waals surface area (Å²) < 4.78 is 9.97. The van der Waals surface area contributed by atoms with Crippen LogP contribution in [-0.2, 0) is 14.3 Å². The van der Waals surface area contributed by atoms with E-state index < -0.39 is 0 Å². The second-order valence-electron chi connectivity index (χ2n) is 3.12. The van der Waals surface area contributed by atoms with Gasteiger partial charge in [0.2, 0.25) is 0 Å². The molecular formula is C11H21NO3. The van der Waals surface area contributed by atoms with E-state index in [1.165, 1.54) is 6.08 Å². The summed E-state index contributed by atoms with van der Waals surface area (Å²) in [5.74, 6) is -0.295. The summed E-state index contributed by atoms with van der Waals surface area (Å²) in [6.45, 7) is 8.26. The van der Waals surface area contributed by atoms with Crippen LogP contribution in [0.4, 0.5) is 0 Å². The SMILES string of the molecule is CCOCC(C)NC/C=C/C(=O)OCC. The van der Waals surface area contributed by atoms with E-state index in [0.29, 0.717) is 19.8 Å². The lowest BCUT2D eigenvalue weighted by Gasteiger charge is -2.11. The van der Waals surface area contributed by atoms with Crippen molar-refractivity contribution in [3.05, 3.63) is 12.2 Å². The van der Waals surface area contributed by atoms with Crippen LogP contribution in [0.3, 0.4) is 0 Å². The van der Waals surface area contributed by atoms with Gasteiger partial charge in [-0.1, -0.05) is 6.08 Å². The fraction of sp³-hybridized carbons (Fsp3) is 0.727. The molecule has 1 unspecified atom stereocenters. The zero-order valence-electron chi connectivity index (χ0n) is 9.79. The quantitative estimate of drug-likeness (QED) is 0.487. The van der Waals surface area contributed by atoms with E-state index in [9.17, 15) is 4.79 Å². The first-order valence-electron chi connectivity index (χ1n) is 5.35. The van der Waals surface area contributed by atoms with Crippen molar-refractivity contribution in [2.24, 2.45) is 0 Å². The fourth-order valence-electron chi connectivity index (χ4n) is 0.968. The van der Waals surface area contributed by atoms with E-state index in [0.717, 1.165) is 6.61 Å². The van der Waals surface area contributed by atoms with Gasteiger partial charge in [0, 0.05) is 25.3 Å². The third-order valence-corrected chi connectivity index (χ3v) is 1.70. The van der Waals surface area contributed by atoms with Gasteiger partial charge in [-0.15, -0.1) is 0 Å². The Morgan fingerprint density at radius 1 is 1.40 bits per heavy atom. The molecule has 0 aliphatic carbocycles. The van der Waals surface area contributed by atoms with Crippen LogP contribution in [0.1, 0.15) is 20.8 Å². The molecule has 4 heteroatoms.